The molecule has 0 radical (unpaired) electrons. The lowest BCUT2D eigenvalue weighted by molar-refractivity contribution is -0.00183. The fraction of sp³-hybridized carbons (Fsp3) is 1.00. The maximum Gasteiger partial charge on any atom is 0.0335 e. The highest BCUT2D eigenvalue weighted by Crippen LogP contribution is 2.49. The van der Waals surface area contributed by atoms with E-state index in [-0.39, 0.29) is 0 Å². The summed E-state index contributed by atoms with van der Waals surface area (Å²) in [5.41, 5.74) is 7.18. The quantitative estimate of drug-likeness (QED) is 0.847. The summed E-state index contributed by atoms with van der Waals surface area (Å²) in [5.74, 6) is 1.90. The zero-order valence-corrected chi connectivity index (χ0v) is 13.8. The van der Waals surface area contributed by atoms with Crippen molar-refractivity contribution in [1.82, 2.24) is 4.90 Å². The van der Waals surface area contributed by atoms with Gasteiger partial charge in [0.05, 0.1) is 0 Å². The molecule has 2 atom stereocenters. The predicted octanol–water partition coefficient (Wildman–Crippen LogP) is 3.79. The Kier molecular flexibility index (Phi) is 3.92. The summed E-state index contributed by atoms with van der Waals surface area (Å²) < 4.78 is 0. The molecule has 1 heterocycles. The minimum Gasteiger partial charge on any atom is -0.329 e. The minimum atomic E-state index is 0.361. The molecule has 3 rings (SSSR count). The van der Waals surface area contributed by atoms with Gasteiger partial charge in [-0.05, 0) is 62.2 Å². The molecular formula is C18H34N2. The zero-order valence-electron chi connectivity index (χ0n) is 13.8. The third-order valence-corrected chi connectivity index (χ3v) is 7.33. The summed E-state index contributed by atoms with van der Waals surface area (Å²) in [6, 6.07) is 0.874. The second-order valence-corrected chi connectivity index (χ2v) is 8.53. The lowest BCUT2D eigenvalue weighted by atomic mass is 9.65. The van der Waals surface area contributed by atoms with Gasteiger partial charge in [0, 0.05) is 24.7 Å². The van der Waals surface area contributed by atoms with Gasteiger partial charge in [0.25, 0.3) is 0 Å². The Balaban J connectivity index is 1.68. The molecule has 2 nitrogen and oxygen atoms in total. The first-order chi connectivity index (χ1) is 9.51. The molecular weight excluding hydrogens is 244 g/mol. The second-order valence-electron chi connectivity index (χ2n) is 8.53. The maximum atomic E-state index is 6.30. The smallest absolute Gasteiger partial charge is 0.0335 e. The number of rotatable bonds is 4. The summed E-state index contributed by atoms with van der Waals surface area (Å²) >= 11 is 0. The van der Waals surface area contributed by atoms with Crippen LogP contribution in [0.5, 0.6) is 0 Å². The van der Waals surface area contributed by atoms with Crippen molar-refractivity contribution in [2.75, 3.05) is 13.1 Å². The van der Waals surface area contributed by atoms with E-state index in [1.54, 1.807) is 0 Å². The van der Waals surface area contributed by atoms with E-state index < -0.39 is 0 Å². The van der Waals surface area contributed by atoms with E-state index in [1.165, 1.54) is 57.9 Å². The van der Waals surface area contributed by atoms with Crippen LogP contribution in [0, 0.1) is 17.3 Å². The van der Waals surface area contributed by atoms with Crippen molar-refractivity contribution in [3.05, 3.63) is 0 Å². The van der Waals surface area contributed by atoms with Crippen LogP contribution in [0.2, 0.25) is 0 Å². The molecule has 2 heteroatoms. The third kappa shape index (κ3) is 2.33. The average molecular weight is 278 g/mol. The van der Waals surface area contributed by atoms with Crippen molar-refractivity contribution in [1.29, 1.82) is 0 Å². The van der Waals surface area contributed by atoms with Gasteiger partial charge in [-0.1, -0.05) is 27.2 Å². The average Bonchev–Trinajstić information content (AvgIpc) is 3.10. The molecule has 0 aromatic heterocycles. The van der Waals surface area contributed by atoms with E-state index in [0.717, 1.165) is 24.4 Å². The van der Waals surface area contributed by atoms with Gasteiger partial charge in [-0.15, -0.1) is 0 Å². The molecule has 116 valence electrons. The molecule has 3 aliphatic rings. The highest BCUT2D eigenvalue weighted by Gasteiger charge is 2.49. The molecule has 2 unspecified atom stereocenters. The molecule has 0 aromatic rings. The number of fused-ring (bicyclic) bond motifs is 2. The second kappa shape index (κ2) is 5.28. The largest absolute Gasteiger partial charge is 0.329 e. The molecule has 3 fully saturated rings. The molecule has 0 aromatic carbocycles. The van der Waals surface area contributed by atoms with Gasteiger partial charge in [0.2, 0.25) is 0 Å². The molecule has 0 spiro atoms. The number of likely N-dealkylation sites (tertiary alicyclic amines) is 1. The first kappa shape index (κ1) is 14.8. The Hall–Kier alpha value is -0.0800. The van der Waals surface area contributed by atoms with Gasteiger partial charge < -0.3 is 5.73 Å². The number of nitrogens with two attached hydrogens (primary N) is 1. The predicted molar refractivity (Wildman–Crippen MR) is 85.7 cm³/mol. The Morgan fingerprint density at radius 1 is 1.15 bits per heavy atom. The standard InChI is InChI=1S/C18H34N2/c1-4-17(2,3)15-7-9-18(13-19,10-8-15)20-12-14-5-6-16(20)11-14/h14-16H,4-13,19H2,1-3H3. The van der Waals surface area contributed by atoms with Crippen LogP contribution in [-0.4, -0.2) is 29.6 Å². The molecule has 0 amide bonds. The summed E-state index contributed by atoms with van der Waals surface area (Å²) in [4.78, 5) is 2.86. The number of hydrogen-bond donors (Lipinski definition) is 1. The molecule has 20 heavy (non-hydrogen) atoms. The van der Waals surface area contributed by atoms with Crippen LogP contribution in [0.4, 0.5) is 0 Å². The first-order valence-electron chi connectivity index (χ1n) is 8.97. The highest BCUT2D eigenvalue weighted by atomic mass is 15.3. The third-order valence-electron chi connectivity index (χ3n) is 7.33. The summed E-state index contributed by atoms with van der Waals surface area (Å²) in [6.07, 6.45) is 11.2. The van der Waals surface area contributed by atoms with Crippen molar-refractivity contribution in [2.45, 2.75) is 83.7 Å². The van der Waals surface area contributed by atoms with E-state index >= 15 is 0 Å². The van der Waals surface area contributed by atoms with E-state index in [2.05, 4.69) is 25.7 Å². The SMILES string of the molecule is CCC(C)(C)C1CCC(CN)(N2CC3CCC2C3)CC1. The van der Waals surface area contributed by atoms with Crippen LogP contribution < -0.4 is 5.73 Å². The van der Waals surface area contributed by atoms with Gasteiger partial charge in [0.15, 0.2) is 0 Å². The Bertz CT molecular complexity index is 341. The van der Waals surface area contributed by atoms with Gasteiger partial charge in [-0.25, -0.2) is 0 Å². The molecule has 2 aliphatic carbocycles. The number of nitrogens with zero attached hydrogens (tertiary/aromatic N) is 1. The fourth-order valence-electron chi connectivity index (χ4n) is 5.34. The monoisotopic (exact) mass is 278 g/mol. The van der Waals surface area contributed by atoms with E-state index in [9.17, 15) is 0 Å². The molecule has 2 bridgehead atoms. The molecule has 1 saturated heterocycles. The van der Waals surface area contributed by atoms with Gasteiger partial charge in [-0.2, -0.15) is 0 Å². The normalized spacial score (nSPS) is 42.3. The van der Waals surface area contributed by atoms with Crippen molar-refractivity contribution in [3.8, 4) is 0 Å². The Morgan fingerprint density at radius 3 is 2.30 bits per heavy atom. The lowest BCUT2D eigenvalue weighted by Crippen LogP contribution is -2.58. The van der Waals surface area contributed by atoms with Crippen LogP contribution in [-0.2, 0) is 0 Å². The number of hydrogen-bond acceptors (Lipinski definition) is 2. The summed E-state index contributed by atoms with van der Waals surface area (Å²) in [7, 11) is 0. The zero-order chi connectivity index (χ0) is 14.4. The minimum absolute atomic E-state index is 0.361. The summed E-state index contributed by atoms with van der Waals surface area (Å²) in [5, 5.41) is 0. The Labute approximate surface area is 125 Å². The van der Waals surface area contributed by atoms with Crippen LogP contribution in [0.25, 0.3) is 0 Å². The molecule has 1 aliphatic heterocycles. The van der Waals surface area contributed by atoms with Crippen LogP contribution >= 0.6 is 0 Å². The topological polar surface area (TPSA) is 29.3 Å². The summed E-state index contributed by atoms with van der Waals surface area (Å²) in [6.45, 7) is 9.51. The fourth-order valence-corrected chi connectivity index (χ4v) is 5.34. The van der Waals surface area contributed by atoms with E-state index in [4.69, 9.17) is 5.73 Å². The van der Waals surface area contributed by atoms with Crippen LogP contribution in [0.15, 0.2) is 0 Å². The maximum absolute atomic E-state index is 6.30. The van der Waals surface area contributed by atoms with E-state index in [0.29, 0.717) is 11.0 Å². The van der Waals surface area contributed by atoms with Crippen molar-refractivity contribution >= 4 is 0 Å². The van der Waals surface area contributed by atoms with Crippen molar-refractivity contribution in [3.63, 3.8) is 0 Å². The molecule has 2 N–H and O–H groups in total. The van der Waals surface area contributed by atoms with Gasteiger partial charge in [0.1, 0.15) is 0 Å². The lowest BCUT2D eigenvalue weighted by Gasteiger charge is -2.51. The first-order valence-corrected chi connectivity index (χ1v) is 8.97. The van der Waals surface area contributed by atoms with Crippen molar-refractivity contribution in [2.24, 2.45) is 23.0 Å². The highest BCUT2D eigenvalue weighted by molar-refractivity contribution is 5.05. The Morgan fingerprint density at radius 2 is 1.85 bits per heavy atom. The van der Waals surface area contributed by atoms with Crippen molar-refractivity contribution < 1.29 is 0 Å². The van der Waals surface area contributed by atoms with Gasteiger partial charge in [-0.3, -0.25) is 4.90 Å². The van der Waals surface area contributed by atoms with E-state index in [1.807, 2.05) is 0 Å². The van der Waals surface area contributed by atoms with Crippen LogP contribution in [0.1, 0.15) is 72.1 Å². The molecule has 2 saturated carbocycles. The van der Waals surface area contributed by atoms with Gasteiger partial charge >= 0.3 is 0 Å². The number of piperidine rings is 1. The van der Waals surface area contributed by atoms with Crippen LogP contribution in [0.3, 0.4) is 0 Å².